The van der Waals surface area contributed by atoms with Gasteiger partial charge in [-0.05, 0) is 12.5 Å². The summed E-state index contributed by atoms with van der Waals surface area (Å²) < 4.78 is 43.0. The molecule has 5 nitrogen and oxygen atoms in total. The van der Waals surface area contributed by atoms with Gasteiger partial charge >= 0.3 is 6.18 Å². The molecule has 0 spiro atoms. The van der Waals surface area contributed by atoms with E-state index in [1.165, 1.54) is 0 Å². The highest BCUT2D eigenvalue weighted by Crippen LogP contribution is 2.34. The van der Waals surface area contributed by atoms with E-state index in [0.29, 0.717) is 6.07 Å². The van der Waals surface area contributed by atoms with E-state index in [9.17, 15) is 23.3 Å². The molecule has 0 bridgehead atoms. The lowest BCUT2D eigenvalue weighted by molar-refractivity contribution is -0.385. The van der Waals surface area contributed by atoms with Gasteiger partial charge in [0.15, 0.2) is 0 Å². The van der Waals surface area contributed by atoms with Crippen molar-refractivity contribution in [3.63, 3.8) is 0 Å². The zero-order chi connectivity index (χ0) is 14.0. The lowest BCUT2D eigenvalue weighted by Crippen LogP contribution is -2.39. The first kappa shape index (κ1) is 13.6. The van der Waals surface area contributed by atoms with Crippen molar-refractivity contribution in [2.24, 2.45) is 0 Å². The number of hydrogen-bond donors (Lipinski definition) is 0. The number of benzene rings is 1. The zero-order valence-corrected chi connectivity index (χ0v) is 9.81. The number of nitro groups is 1. The standard InChI is InChI=1S/C11H11F3N2O3/c12-11(13,14)8-4-9(16(17)18)6-10(5-8)19-7-15-2-1-3-15/h4-6H,1-3,7H2. The molecule has 0 aromatic heterocycles. The minimum atomic E-state index is -4.64. The molecule has 0 atom stereocenters. The number of halogens is 3. The predicted molar refractivity (Wildman–Crippen MR) is 59.8 cm³/mol. The Morgan fingerprint density at radius 3 is 2.47 bits per heavy atom. The summed E-state index contributed by atoms with van der Waals surface area (Å²) in [6.45, 7) is 1.78. The van der Waals surface area contributed by atoms with Crippen LogP contribution in [-0.2, 0) is 6.18 Å². The van der Waals surface area contributed by atoms with Gasteiger partial charge in [0.2, 0.25) is 0 Å². The number of likely N-dealkylation sites (tertiary alicyclic amines) is 1. The molecule has 0 N–H and O–H groups in total. The fourth-order valence-corrected chi connectivity index (χ4v) is 1.61. The molecular weight excluding hydrogens is 265 g/mol. The summed E-state index contributed by atoms with van der Waals surface area (Å²) in [5, 5.41) is 10.6. The van der Waals surface area contributed by atoms with E-state index in [2.05, 4.69) is 0 Å². The number of nitrogens with zero attached hydrogens (tertiary/aromatic N) is 2. The molecule has 0 saturated carbocycles. The second-order valence-corrected chi connectivity index (χ2v) is 4.22. The fourth-order valence-electron chi connectivity index (χ4n) is 1.61. The maximum atomic E-state index is 12.6. The Hall–Kier alpha value is -1.83. The molecule has 0 unspecified atom stereocenters. The van der Waals surface area contributed by atoms with Crippen molar-refractivity contribution in [2.75, 3.05) is 19.8 Å². The molecule has 0 radical (unpaired) electrons. The summed E-state index contributed by atoms with van der Waals surface area (Å²) in [6.07, 6.45) is -3.62. The monoisotopic (exact) mass is 276 g/mol. The summed E-state index contributed by atoms with van der Waals surface area (Å²) in [5.41, 5.74) is -1.71. The van der Waals surface area contributed by atoms with Crippen LogP contribution in [0.25, 0.3) is 0 Å². The minimum absolute atomic E-state index is 0.137. The van der Waals surface area contributed by atoms with E-state index >= 15 is 0 Å². The lowest BCUT2D eigenvalue weighted by Gasteiger charge is -2.30. The number of ether oxygens (including phenoxy) is 1. The second kappa shape index (κ2) is 5.04. The van der Waals surface area contributed by atoms with Crippen LogP contribution in [0.5, 0.6) is 5.75 Å². The maximum Gasteiger partial charge on any atom is 0.416 e. The van der Waals surface area contributed by atoms with Crippen molar-refractivity contribution in [3.8, 4) is 5.75 Å². The van der Waals surface area contributed by atoms with Gasteiger partial charge in [0.05, 0.1) is 16.6 Å². The summed E-state index contributed by atoms with van der Waals surface area (Å²) >= 11 is 0. The Kier molecular flexibility index (Phi) is 3.61. The quantitative estimate of drug-likeness (QED) is 0.626. The van der Waals surface area contributed by atoms with Gasteiger partial charge < -0.3 is 4.74 Å². The van der Waals surface area contributed by atoms with Crippen molar-refractivity contribution >= 4 is 5.69 Å². The van der Waals surface area contributed by atoms with Crippen molar-refractivity contribution in [3.05, 3.63) is 33.9 Å². The number of hydrogen-bond acceptors (Lipinski definition) is 4. The predicted octanol–water partition coefficient (Wildman–Crippen LogP) is 2.66. The van der Waals surface area contributed by atoms with E-state index in [0.717, 1.165) is 31.6 Å². The van der Waals surface area contributed by atoms with Crippen molar-refractivity contribution in [2.45, 2.75) is 12.6 Å². The topological polar surface area (TPSA) is 55.6 Å². The number of alkyl halides is 3. The lowest BCUT2D eigenvalue weighted by atomic mass is 10.2. The first-order valence-corrected chi connectivity index (χ1v) is 5.58. The highest BCUT2D eigenvalue weighted by atomic mass is 19.4. The van der Waals surface area contributed by atoms with Gasteiger partial charge in [-0.3, -0.25) is 15.0 Å². The number of non-ortho nitro benzene ring substituents is 1. The van der Waals surface area contributed by atoms with Crippen LogP contribution in [0.15, 0.2) is 18.2 Å². The minimum Gasteiger partial charge on any atom is -0.478 e. The number of rotatable bonds is 4. The average Bonchev–Trinajstić information content (AvgIpc) is 2.25. The zero-order valence-electron chi connectivity index (χ0n) is 9.81. The Morgan fingerprint density at radius 1 is 1.32 bits per heavy atom. The largest absolute Gasteiger partial charge is 0.478 e. The third kappa shape index (κ3) is 3.34. The maximum absolute atomic E-state index is 12.6. The molecule has 0 aliphatic carbocycles. The van der Waals surface area contributed by atoms with Crippen LogP contribution in [0.2, 0.25) is 0 Å². The average molecular weight is 276 g/mol. The van der Waals surface area contributed by atoms with Crippen LogP contribution in [0.1, 0.15) is 12.0 Å². The van der Waals surface area contributed by atoms with Crippen LogP contribution in [0, 0.1) is 10.1 Å². The first-order valence-electron chi connectivity index (χ1n) is 5.58. The normalized spacial score (nSPS) is 15.9. The molecule has 1 aliphatic heterocycles. The van der Waals surface area contributed by atoms with Crippen molar-refractivity contribution in [1.82, 2.24) is 4.90 Å². The summed E-state index contributed by atoms with van der Waals surface area (Å²) in [7, 11) is 0. The summed E-state index contributed by atoms with van der Waals surface area (Å²) in [5.74, 6) is -0.145. The number of nitro benzene ring substituents is 1. The van der Waals surface area contributed by atoms with Gasteiger partial charge in [-0.2, -0.15) is 13.2 Å². The smallest absolute Gasteiger partial charge is 0.416 e. The molecule has 1 fully saturated rings. The molecule has 1 heterocycles. The Morgan fingerprint density at radius 2 is 2.00 bits per heavy atom. The van der Waals surface area contributed by atoms with E-state index in [1.807, 2.05) is 4.90 Å². The molecular formula is C11H11F3N2O3. The van der Waals surface area contributed by atoms with Gasteiger partial charge in [-0.25, -0.2) is 0 Å². The molecule has 1 saturated heterocycles. The Labute approximate surface area is 106 Å². The second-order valence-electron chi connectivity index (χ2n) is 4.22. The molecule has 0 amide bonds. The van der Waals surface area contributed by atoms with Gasteiger partial charge in [0, 0.05) is 19.2 Å². The molecule has 8 heteroatoms. The van der Waals surface area contributed by atoms with E-state index in [1.54, 1.807) is 0 Å². The third-order valence-corrected chi connectivity index (χ3v) is 2.79. The Bertz CT molecular complexity index is 487. The molecule has 1 aromatic carbocycles. The molecule has 1 aromatic rings. The first-order chi connectivity index (χ1) is 8.86. The highest BCUT2D eigenvalue weighted by Gasteiger charge is 2.33. The van der Waals surface area contributed by atoms with Crippen LogP contribution in [-0.4, -0.2) is 29.6 Å². The molecule has 19 heavy (non-hydrogen) atoms. The van der Waals surface area contributed by atoms with Crippen molar-refractivity contribution in [1.29, 1.82) is 0 Å². The molecule has 2 rings (SSSR count). The van der Waals surface area contributed by atoms with Crippen LogP contribution >= 0.6 is 0 Å². The van der Waals surface area contributed by atoms with Gasteiger partial charge in [0.1, 0.15) is 12.5 Å². The SMILES string of the molecule is O=[N+]([O-])c1cc(OCN2CCC2)cc(C(F)(F)F)c1. The third-order valence-electron chi connectivity index (χ3n) is 2.79. The van der Waals surface area contributed by atoms with Gasteiger partial charge in [0.25, 0.3) is 5.69 Å². The van der Waals surface area contributed by atoms with Crippen LogP contribution < -0.4 is 4.74 Å². The highest BCUT2D eigenvalue weighted by molar-refractivity contribution is 5.43. The van der Waals surface area contributed by atoms with E-state index in [4.69, 9.17) is 4.74 Å². The van der Waals surface area contributed by atoms with Gasteiger partial charge in [-0.1, -0.05) is 0 Å². The fraction of sp³-hybridized carbons (Fsp3) is 0.455. The molecule has 1 aliphatic rings. The van der Waals surface area contributed by atoms with Crippen molar-refractivity contribution < 1.29 is 22.8 Å². The Balaban J connectivity index is 2.20. The summed E-state index contributed by atoms with van der Waals surface area (Å²) in [6, 6.07) is 2.26. The van der Waals surface area contributed by atoms with Crippen LogP contribution in [0.3, 0.4) is 0 Å². The van der Waals surface area contributed by atoms with Crippen LogP contribution in [0.4, 0.5) is 18.9 Å². The van der Waals surface area contributed by atoms with E-state index < -0.39 is 22.4 Å². The summed E-state index contributed by atoms with van der Waals surface area (Å²) in [4.78, 5) is 11.6. The molecule has 104 valence electrons. The van der Waals surface area contributed by atoms with E-state index in [-0.39, 0.29) is 12.5 Å². The van der Waals surface area contributed by atoms with Gasteiger partial charge in [-0.15, -0.1) is 0 Å².